The molecule has 0 aliphatic heterocycles. The molecule has 4 unspecified atom stereocenters. The molecule has 3 saturated carbocycles. The molecule has 0 saturated heterocycles. The quantitative estimate of drug-likeness (QED) is 0.592. The Kier molecular flexibility index (Phi) is 1.64. The molecule has 3 rings (SSSR count). The zero-order valence-electron chi connectivity index (χ0n) is 10.2. The van der Waals surface area contributed by atoms with Gasteiger partial charge in [0.15, 0.2) is 0 Å². The lowest BCUT2D eigenvalue weighted by Crippen LogP contribution is -2.38. The molecule has 15 heavy (non-hydrogen) atoms. The van der Waals surface area contributed by atoms with Gasteiger partial charge in [0.25, 0.3) is 0 Å². The highest BCUT2D eigenvalue weighted by Gasteiger charge is 2.69. The summed E-state index contributed by atoms with van der Waals surface area (Å²) in [5.74, 6) is 0.962. The SMILES string of the molecule is CC12CCC(=O)C(C1)C1(C)CCCC21C. The van der Waals surface area contributed by atoms with E-state index in [9.17, 15) is 4.79 Å². The van der Waals surface area contributed by atoms with Crippen LogP contribution in [-0.2, 0) is 4.79 Å². The van der Waals surface area contributed by atoms with Crippen molar-refractivity contribution in [1.82, 2.24) is 0 Å². The highest BCUT2D eigenvalue weighted by Crippen LogP contribution is 2.75. The lowest BCUT2D eigenvalue weighted by molar-refractivity contribution is -0.127. The van der Waals surface area contributed by atoms with E-state index in [0.29, 0.717) is 27.9 Å². The number of Topliss-reactive ketones (excluding diaryl/α,β-unsaturated/α-hetero) is 1. The summed E-state index contributed by atoms with van der Waals surface area (Å²) in [7, 11) is 0. The second kappa shape index (κ2) is 2.49. The number of hydrogen-bond donors (Lipinski definition) is 0. The average Bonchev–Trinajstić information content (AvgIpc) is 2.55. The van der Waals surface area contributed by atoms with Crippen molar-refractivity contribution in [1.29, 1.82) is 0 Å². The van der Waals surface area contributed by atoms with Gasteiger partial charge in [-0.05, 0) is 41.9 Å². The van der Waals surface area contributed by atoms with Crippen LogP contribution in [0.25, 0.3) is 0 Å². The smallest absolute Gasteiger partial charge is 0.136 e. The third-order valence-corrected chi connectivity index (χ3v) is 6.70. The summed E-state index contributed by atoms with van der Waals surface area (Å²) in [4.78, 5) is 12.1. The molecule has 0 heterocycles. The van der Waals surface area contributed by atoms with Crippen molar-refractivity contribution in [3.63, 3.8) is 0 Å². The summed E-state index contributed by atoms with van der Waals surface area (Å²) in [6.45, 7) is 7.32. The average molecular weight is 206 g/mol. The van der Waals surface area contributed by atoms with Crippen LogP contribution in [0.2, 0.25) is 0 Å². The Morgan fingerprint density at radius 1 is 1.13 bits per heavy atom. The number of rotatable bonds is 0. The molecule has 1 heteroatoms. The molecule has 84 valence electrons. The van der Waals surface area contributed by atoms with E-state index in [1.54, 1.807) is 0 Å². The summed E-state index contributed by atoms with van der Waals surface area (Å²) < 4.78 is 0. The van der Waals surface area contributed by atoms with Gasteiger partial charge in [0.2, 0.25) is 0 Å². The molecule has 0 aromatic heterocycles. The minimum absolute atomic E-state index is 0.329. The number of carbonyl (C=O) groups is 1. The van der Waals surface area contributed by atoms with Gasteiger partial charge in [-0.1, -0.05) is 27.2 Å². The van der Waals surface area contributed by atoms with Crippen LogP contribution in [0.3, 0.4) is 0 Å². The van der Waals surface area contributed by atoms with E-state index in [1.807, 2.05) is 0 Å². The van der Waals surface area contributed by atoms with Crippen molar-refractivity contribution in [3.05, 3.63) is 0 Å². The molecule has 0 radical (unpaired) electrons. The van der Waals surface area contributed by atoms with Gasteiger partial charge in [-0.2, -0.15) is 0 Å². The van der Waals surface area contributed by atoms with E-state index >= 15 is 0 Å². The van der Waals surface area contributed by atoms with Gasteiger partial charge in [-0.3, -0.25) is 4.79 Å². The van der Waals surface area contributed by atoms with Gasteiger partial charge >= 0.3 is 0 Å². The van der Waals surface area contributed by atoms with Crippen molar-refractivity contribution in [3.8, 4) is 0 Å². The summed E-state index contributed by atoms with van der Waals surface area (Å²) in [5, 5.41) is 0. The fraction of sp³-hybridized carbons (Fsp3) is 0.929. The molecule has 4 atom stereocenters. The third-order valence-electron chi connectivity index (χ3n) is 6.70. The fourth-order valence-electron chi connectivity index (χ4n) is 5.24. The zero-order valence-corrected chi connectivity index (χ0v) is 10.2. The summed E-state index contributed by atoms with van der Waals surface area (Å²) >= 11 is 0. The van der Waals surface area contributed by atoms with Crippen molar-refractivity contribution in [2.75, 3.05) is 0 Å². The van der Waals surface area contributed by atoms with E-state index < -0.39 is 0 Å². The highest BCUT2D eigenvalue weighted by atomic mass is 16.1. The molecule has 0 aromatic carbocycles. The molecular formula is C14H22O. The second-order valence-electron chi connectivity index (χ2n) is 6.89. The number of fused-ring (bicyclic) bond motifs is 5. The molecule has 0 N–H and O–H groups in total. The van der Waals surface area contributed by atoms with Crippen LogP contribution in [0, 0.1) is 22.2 Å². The van der Waals surface area contributed by atoms with Crippen LogP contribution >= 0.6 is 0 Å². The maximum Gasteiger partial charge on any atom is 0.136 e. The van der Waals surface area contributed by atoms with Crippen molar-refractivity contribution >= 4 is 5.78 Å². The van der Waals surface area contributed by atoms with Gasteiger partial charge in [0, 0.05) is 12.3 Å². The molecule has 0 amide bonds. The number of hydrogen-bond acceptors (Lipinski definition) is 1. The predicted molar refractivity (Wildman–Crippen MR) is 60.5 cm³/mol. The highest BCUT2D eigenvalue weighted by molar-refractivity contribution is 5.84. The van der Waals surface area contributed by atoms with Crippen LogP contribution in [0.15, 0.2) is 0 Å². The number of carbonyl (C=O) groups excluding carboxylic acids is 1. The molecular weight excluding hydrogens is 184 g/mol. The Morgan fingerprint density at radius 2 is 1.87 bits per heavy atom. The molecule has 2 bridgehead atoms. The van der Waals surface area contributed by atoms with Crippen LogP contribution in [0.5, 0.6) is 0 Å². The Bertz CT molecular complexity index is 334. The molecule has 3 fully saturated rings. The van der Waals surface area contributed by atoms with Gasteiger partial charge in [0.05, 0.1) is 0 Å². The van der Waals surface area contributed by atoms with Crippen molar-refractivity contribution < 1.29 is 4.79 Å². The molecule has 3 aliphatic carbocycles. The maximum atomic E-state index is 12.1. The standard InChI is InChI=1S/C14H22O/c1-12-8-5-11(15)10(9-12)13(2)6-4-7-14(12,13)3/h10H,4-9H2,1-3H3. The molecule has 3 aliphatic rings. The first-order valence-electron chi connectivity index (χ1n) is 6.46. The van der Waals surface area contributed by atoms with Crippen molar-refractivity contribution in [2.24, 2.45) is 22.2 Å². The summed E-state index contributed by atoms with van der Waals surface area (Å²) in [6.07, 6.45) is 7.16. The van der Waals surface area contributed by atoms with Gasteiger partial charge in [0.1, 0.15) is 5.78 Å². The fourth-order valence-corrected chi connectivity index (χ4v) is 5.24. The van der Waals surface area contributed by atoms with E-state index in [1.165, 1.54) is 25.7 Å². The van der Waals surface area contributed by atoms with Crippen LogP contribution in [-0.4, -0.2) is 5.78 Å². The molecule has 0 spiro atoms. The zero-order chi connectivity index (χ0) is 10.9. The minimum Gasteiger partial charge on any atom is -0.299 e. The predicted octanol–water partition coefficient (Wildman–Crippen LogP) is 3.57. The monoisotopic (exact) mass is 206 g/mol. The summed E-state index contributed by atoms with van der Waals surface area (Å²) in [5.41, 5.74) is 1.23. The van der Waals surface area contributed by atoms with E-state index in [2.05, 4.69) is 20.8 Å². The molecule has 1 nitrogen and oxygen atoms in total. The van der Waals surface area contributed by atoms with Gasteiger partial charge < -0.3 is 0 Å². The number of ketones is 1. The maximum absolute atomic E-state index is 12.1. The topological polar surface area (TPSA) is 17.1 Å². The lowest BCUT2D eigenvalue weighted by Gasteiger charge is -2.45. The lowest BCUT2D eigenvalue weighted by atomic mass is 9.59. The van der Waals surface area contributed by atoms with E-state index in [-0.39, 0.29) is 0 Å². The Balaban J connectivity index is 2.16. The first kappa shape index (κ1) is 9.86. The normalized spacial score (nSPS) is 58.3. The minimum atomic E-state index is 0.329. The van der Waals surface area contributed by atoms with Crippen LogP contribution in [0.1, 0.15) is 59.3 Å². The van der Waals surface area contributed by atoms with E-state index in [4.69, 9.17) is 0 Å². The second-order valence-corrected chi connectivity index (χ2v) is 6.89. The van der Waals surface area contributed by atoms with Crippen LogP contribution in [0.4, 0.5) is 0 Å². The van der Waals surface area contributed by atoms with Crippen LogP contribution < -0.4 is 0 Å². The van der Waals surface area contributed by atoms with Gasteiger partial charge in [-0.25, -0.2) is 0 Å². The Labute approximate surface area is 92.6 Å². The first-order chi connectivity index (χ1) is 6.93. The first-order valence-corrected chi connectivity index (χ1v) is 6.46. The third kappa shape index (κ3) is 0.855. The van der Waals surface area contributed by atoms with Gasteiger partial charge in [-0.15, -0.1) is 0 Å². The Hall–Kier alpha value is -0.330. The molecule has 0 aromatic rings. The van der Waals surface area contributed by atoms with E-state index in [0.717, 1.165) is 12.8 Å². The Morgan fingerprint density at radius 3 is 2.60 bits per heavy atom. The largest absolute Gasteiger partial charge is 0.299 e. The van der Waals surface area contributed by atoms with Crippen molar-refractivity contribution in [2.45, 2.75) is 59.3 Å². The summed E-state index contributed by atoms with van der Waals surface area (Å²) in [6, 6.07) is 0.